The van der Waals surface area contributed by atoms with Gasteiger partial charge in [0.05, 0.1) is 12.2 Å². The molecule has 0 aromatic carbocycles. The van der Waals surface area contributed by atoms with Crippen molar-refractivity contribution >= 4 is 5.91 Å². The highest BCUT2D eigenvalue weighted by Crippen LogP contribution is 2.31. The molecule has 0 aliphatic carbocycles. The van der Waals surface area contributed by atoms with Crippen LogP contribution in [0.4, 0.5) is 0 Å². The molecular weight excluding hydrogens is 274 g/mol. The Kier molecular flexibility index (Phi) is 8.16. The van der Waals surface area contributed by atoms with Crippen molar-refractivity contribution < 1.29 is 9.53 Å². The first-order valence-electron chi connectivity index (χ1n) is 8.89. The summed E-state index contributed by atoms with van der Waals surface area (Å²) in [6.45, 7) is 10.7. The molecule has 0 aromatic rings. The lowest BCUT2D eigenvalue weighted by atomic mass is 9.91. The SMILES string of the molecule is C=C1C[C@H](CCCC)OC1CC[C@@H](C)C[C@@H](C)C(=O)N(C)C. The zero-order valence-corrected chi connectivity index (χ0v) is 15.2. The van der Waals surface area contributed by atoms with E-state index in [2.05, 4.69) is 20.4 Å². The molecular formula is C19H35NO2. The Balaban J connectivity index is 2.30. The first kappa shape index (κ1) is 19.2. The van der Waals surface area contributed by atoms with Gasteiger partial charge in [0.15, 0.2) is 0 Å². The van der Waals surface area contributed by atoms with Crippen LogP contribution in [-0.2, 0) is 9.53 Å². The molecule has 0 bridgehead atoms. The van der Waals surface area contributed by atoms with Crippen LogP contribution in [0.5, 0.6) is 0 Å². The van der Waals surface area contributed by atoms with Gasteiger partial charge < -0.3 is 9.64 Å². The van der Waals surface area contributed by atoms with Crippen LogP contribution in [0.3, 0.4) is 0 Å². The van der Waals surface area contributed by atoms with Gasteiger partial charge in [0.2, 0.25) is 5.91 Å². The molecule has 0 radical (unpaired) electrons. The summed E-state index contributed by atoms with van der Waals surface area (Å²) in [5, 5.41) is 0. The molecule has 4 atom stereocenters. The fraction of sp³-hybridized carbons (Fsp3) is 0.842. The molecule has 0 aromatic heterocycles. The topological polar surface area (TPSA) is 29.5 Å². The minimum Gasteiger partial charge on any atom is -0.370 e. The van der Waals surface area contributed by atoms with Gasteiger partial charge in [-0.25, -0.2) is 0 Å². The number of nitrogens with zero attached hydrogens (tertiary/aromatic N) is 1. The first-order valence-corrected chi connectivity index (χ1v) is 8.89. The van der Waals surface area contributed by atoms with E-state index in [1.807, 2.05) is 21.0 Å². The summed E-state index contributed by atoms with van der Waals surface area (Å²) in [7, 11) is 3.66. The van der Waals surface area contributed by atoms with Crippen molar-refractivity contribution in [3.8, 4) is 0 Å². The lowest BCUT2D eigenvalue weighted by Crippen LogP contribution is -2.29. The van der Waals surface area contributed by atoms with Crippen LogP contribution in [-0.4, -0.2) is 37.1 Å². The van der Waals surface area contributed by atoms with Crippen LogP contribution in [0.15, 0.2) is 12.2 Å². The van der Waals surface area contributed by atoms with Crippen LogP contribution in [0.25, 0.3) is 0 Å². The summed E-state index contributed by atoms with van der Waals surface area (Å²) in [6.07, 6.45) is 8.41. The average Bonchev–Trinajstić information content (AvgIpc) is 2.82. The van der Waals surface area contributed by atoms with E-state index in [4.69, 9.17) is 4.74 Å². The van der Waals surface area contributed by atoms with Gasteiger partial charge in [-0.3, -0.25) is 4.79 Å². The molecule has 1 aliphatic heterocycles. The minimum absolute atomic E-state index is 0.106. The summed E-state index contributed by atoms with van der Waals surface area (Å²) < 4.78 is 6.14. The van der Waals surface area contributed by atoms with Gasteiger partial charge in [-0.15, -0.1) is 0 Å². The van der Waals surface area contributed by atoms with E-state index in [1.165, 1.54) is 18.4 Å². The van der Waals surface area contributed by atoms with Gasteiger partial charge in [-0.1, -0.05) is 40.2 Å². The van der Waals surface area contributed by atoms with Crippen molar-refractivity contribution in [2.75, 3.05) is 14.1 Å². The maximum Gasteiger partial charge on any atom is 0.224 e. The van der Waals surface area contributed by atoms with Gasteiger partial charge in [0, 0.05) is 20.0 Å². The third-order valence-electron chi connectivity index (χ3n) is 4.72. The van der Waals surface area contributed by atoms with Gasteiger partial charge in [-0.2, -0.15) is 0 Å². The Bertz CT molecular complexity index is 364. The van der Waals surface area contributed by atoms with Gasteiger partial charge in [0.25, 0.3) is 0 Å². The predicted molar refractivity (Wildman–Crippen MR) is 92.8 cm³/mol. The summed E-state index contributed by atoms with van der Waals surface area (Å²) in [5.74, 6) is 0.882. The highest BCUT2D eigenvalue weighted by molar-refractivity contribution is 5.77. The predicted octanol–water partition coefficient (Wildman–Crippen LogP) is 4.42. The molecule has 0 spiro atoms. The quantitative estimate of drug-likeness (QED) is 0.590. The normalized spacial score (nSPS) is 24.3. The molecule has 1 fully saturated rings. The molecule has 1 amide bonds. The fourth-order valence-corrected chi connectivity index (χ4v) is 3.37. The molecule has 1 heterocycles. The molecule has 22 heavy (non-hydrogen) atoms. The van der Waals surface area contributed by atoms with E-state index in [-0.39, 0.29) is 17.9 Å². The highest BCUT2D eigenvalue weighted by Gasteiger charge is 2.28. The Labute approximate surface area is 137 Å². The standard InChI is InChI=1S/C19H35NO2/c1-7-8-9-17-13-15(3)18(22-17)11-10-14(2)12-16(4)19(21)20(5)6/h14,16-18H,3,7-13H2,1-2,4-6H3/t14-,16-,17+,18?/m1/s1. The lowest BCUT2D eigenvalue weighted by Gasteiger charge is -2.21. The molecule has 128 valence electrons. The number of ether oxygens (including phenoxy) is 1. The number of hydrogen-bond donors (Lipinski definition) is 0. The number of carbonyl (C=O) groups is 1. The van der Waals surface area contributed by atoms with Crippen molar-refractivity contribution in [1.82, 2.24) is 4.90 Å². The molecule has 1 rings (SSSR count). The maximum absolute atomic E-state index is 11.9. The van der Waals surface area contributed by atoms with E-state index < -0.39 is 0 Å². The minimum atomic E-state index is 0.106. The van der Waals surface area contributed by atoms with E-state index >= 15 is 0 Å². The van der Waals surface area contributed by atoms with Crippen molar-refractivity contribution in [3.63, 3.8) is 0 Å². The van der Waals surface area contributed by atoms with Crippen LogP contribution in [0, 0.1) is 11.8 Å². The monoisotopic (exact) mass is 309 g/mol. The number of carbonyl (C=O) groups excluding carboxylic acids is 1. The van der Waals surface area contributed by atoms with Crippen LogP contribution in [0.2, 0.25) is 0 Å². The van der Waals surface area contributed by atoms with Gasteiger partial charge >= 0.3 is 0 Å². The first-order chi connectivity index (χ1) is 10.3. The number of amides is 1. The maximum atomic E-state index is 11.9. The Morgan fingerprint density at radius 3 is 2.64 bits per heavy atom. The zero-order valence-electron chi connectivity index (χ0n) is 15.2. The molecule has 0 N–H and O–H groups in total. The van der Waals surface area contributed by atoms with Crippen LogP contribution < -0.4 is 0 Å². The smallest absolute Gasteiger partial charge is 0.224 e. The average molecular weight is 309 g/mol. The number of unbranched alkanes of at least 4 members (excludes halogenated alkanes) is 1. The van der Waals surface area contributed by atoms with E-state index in [1.54, 1.807) is 4.90 Å². The van der Waals surface area contributed by atoms with Crippen molar-refractivity contribution in [2.24, 2.45) is 11.8 Å². The van der Waals surface area contributed by atoms with Crippen molar-refractivity contribution in [1.29, 1.82) is 0 Å². The Hall–Kier alpha value is -0.830. The lowest BCUT2D eigenvalue weighted by molar-refractivity contribution is -0.132. The van der Waals surface area contributed by atoms with E-state index in [0.29, 0.717) is 12.0 Å². The second-order valence-corrected chi connectivity index (χ2v) is 7.30. The van der Waals surface area contributed by atoms with Crippen molar-refractivity contribution in [2.45, 2.75) is 77.9 Å². The van der Waals surface area contributed by atoms with E-state index in [9.17, 15) is 4.79 Å². The number of hydrogen-bond acceptors (Lipinski definition) is 2. The van der Waals surface area contributed by atoms with E-state index in [0.717, 1.165) is 32.1 Å². The number of rotatable bonds is 9. The van der Waals surface area contributed by atoms with Crippen LogP contribution >= 0.6 is 0 Å². The molecule has 1 unspecified atom stereocenters. The Morgan fingerprint density at radius 1 is 1.36 bits per heavy atom. The summed E-state index contributed by atoms with van der Waals surface area (Å²) >= 11 is 0. The summed E-state index contributed by atoms with van der Waals surface area (Å²) in [5.41, 5.74) is 1.27. The van der Waals surface area contributed by atoms with Crippen LogP contribution in [0.1, 0.15) is 65.7 Å². The Morgan fingerprint density at radius 2 is 2.05 bits per heavy atom. The second kappa shape index (κ2) is 9.34. The molecule has 3 nitrogen and oxygen atoms in total. The fourth-order valence-electron chi connectivity index (χ4n) is 3.37. The summed E-state index contributed by atoms with van der Waals surface area (Å²) in [6, 6.07) is 0. The molecule has 3 heteroatoms. The van der Waals surface area contributed by atoms with Gasteiger partial charge in [0.1, 0.15) is 0 Å². The summed E-state index contributed by atoms with van der Waals surface area (Å²) in [4.78, 5) is 13.6. The highest BCUT2D eigenvalue weighted by atomic mass is 16.5. The third kappa shape index (κ3) is 6.12. The second-order valence-electron chi connectivity index (χ2n) is 7.30. The van der Waals surface area contributed by atoms with Gasteiger partial charge in [-0.05, 0) is 43.6 Å². The molecule has 1 aliphatic rings. The molecule has 1 saturated heterocycles. The molecule has 0 saturated carbocycles. The zero-order chi connectivity index (χ0) is 16.7. The van der Waals surface area contributed by atoms with Crippen molar-refractivity contribution in [3.05, 3.63) is 12.2 Å². The third-order valence-corrected chi connectivity index (χ3v) is 4.72. The largest absolute Gasteiger partial charge is 0.370 e.